The number of aliphatic imine (C=N–C) groups is 1. The minimum absolute atomic E-state index is 0.0824. The Balaban J connectivity index is 2.99. The van der Waals surface area contributed by atoms with Crippen molar-refractivity contribution in [3.8, 4) is 5.75 Å². The molecule has 1 aromatic rings. The Labute approximate surface area is 129 Å². The summed E-state index contributed by atoms with van der Waals surface area (Å²) in [6, 6.07) is 7.28. The molecule has 0 aliphatic carbocycles. The Kier molecular flexibility index (Phi) is 6.61. The van der Waals surface area contributed by atoms with Gasteiger partial charge in [0.15, 0.2) is 5.11 Å². The molecule has 114 valence electrons. The molecule has 0 atom stereocenters. The average molecular weight is 309 g/mol. The third kappa shape index (κ3) is 5.39. The molecular formula is C14H19N3O3S. The van der Waals surface area contributed by atoms with E-state index in [4.69, 9.17) is 17.0 Å². The molecule has 0 saturated carbocycles. The van der Waals surface area contributed by atoms with Crippen LogP contribution in [0.1, 0.15) is 5.56 Å². The molecular weight excluding hydrogens is 290 g/mol. The Morgan fingerprint density at radius 2 is 1.90 bits per heavy atom. The number of thiocarbonyl (C=S) groups is 1. The first-order valence-corrected chi connectivity index (χ1v) is 6.62. The van der Waals surface area contributed by atoms with E-state index >= 15 is 0 Å². The number of ether oxygens (including phenoxy) is 2. The van der Waals surface area contributed by atoms with Gasteiger partial charge in [0.2, 0.25) is 0 Å². The molecule has 1 N–H and O–H groups in total. The molecule has 1 aromatic carbocycles. The summed E-state index contributed by atoms with van der Waals surface area (Å²) < 4.78 is 9.70. The molecule has 0 amide bonds. The SMILES string of the molecule is COC(=O)CN=C(NC(=S)N(C)C)c1ccc(OC)cc1. The summed E-state index contributed by atoms with van der Waals surface area (Å²) in [6.45, 7) is -0.0824. The van der Waals surface area contributed by atoms with Gasteiger partial charge in [-0.2, -0.15) is 0 Å². The minimum atomic E-state index is -0.418. The van der Waals surface area contributed by atoms with Gasteiger partial charge < -0.3 is 19.7 Å². The highest BCUT2D eigenvalue weighted by Crippen LogP contribution is 2.11. The van der Waals surface area contributed by atoms with Crippen LogP contribution in [0.4, 0.5) is 0 Å². The molecule has 21 heavy (non-hydrogen) atoms. The van der Waals surface area contributed by atoms with E-state index < -0.39 is 5.97 Å². The molecule has 0 spiro atoms. The molecule has 0 aromatic heterocycles. The minimum Gasteiger partial charge on any atom is -0.497 e. The van der Waals surface area contributed by atoms with Crippen molar-refractivity contribution in [2.75, 3.05) is 34.9 Å². The van der Waals surface area contributed by atoms with Crippen molar-refractivity contribution in [2.24, 2.45) is 4.99 Å². The van der Waals surface area contributed by atoms with Crippen LogP contribution in [0.5, 0.6) is 5.75 Å². The van der Waals surface area contributed by atoms with Crippen LogP contribution in [-0.2, 0) is 9.53 Å². The van der Waals surface area contributed by atoms with Gasteiger partial charge in [-0.1, -0.05) is 0 Å². The topological polar surface area (TPSA) is 63.2 Å². The predicted octanol–water partition coefficient (Wildman–Crippen LogP) is 1.05. The zero-order chi connectivity index (χ0) is 15.8. The molecule has 0 aliphatic rings. The highest BCUT2D eigenvalue weighted by molar-refractivity contribution is 7.80. The van der Waals surface area contributed by atoms with Gasteiger partial charge in [-0.05, 0) is 36.5 Å². The number of benzene rings is 1. The average Bonchev–Trinajstić information content (AvgIpc) is 2.50. The molecule has 0 aliphatic heterocycles. The predicted molar refractivity (Wildman–Crippen MR) is 85.8 cm³/mol. The highest BCUT2D eigenvalue weighted by Gasteiger charge is 2.09. The van der Waals surface area contributed by atoms with Crippen molar-refractivity contribution in [2.45, 2.75) is 0 Å². The number of hydrogen-bond acceptors (Lipinski definition) is 5. The maximum Gasteiger partial charge on any atom is 0.327 e. The summed E-state index contributed by atoms with van der Waals surface area (Å²) in [5.41, 5.74) is 0.795. The molecule has 0 unspecified atom stereocenters. The number of rotatable bonds is 4. The summed E-state index contributed by atoms with van der Waals surface area (Å²) in [4.78, 5) is 17.2. The summed E-state index contributed by atoms with van der Waals surface area (Å²) in [5, 5.41) is 3.50. The normalized spacial score (nSPS) is 10.8. The lowest BCUT2D eigenvalue weighted by molar-refractivity contribution is -0.138. The van der Waals surface area contributed by atoms with Crippen molar-refractivity contribution in [1.82, 2.24) is 10.2 Å². The quantitative estimate of drug-likeness (QED) is 0.388. The van der Waals surface area contributed by atoms with Crippen molar-refractivity contribution < 1.29 is 14.3 Å². The van der Waals surface area contributed by atoms with E-state index in [1.165, 1.54) is 7.11 Å². The summed E-state index contributed by atoms with van der Waals surface area (Å²) in [7, 11) is 6.56. The van der Waals surface area contributed by atoms with Crippen molar-refractivity contribution in [3.63, 3.8) is 0 Å². The van der Waals surface area contributed by atoms with Gasteiger partial charge in [0, 0.05) is 19.7 Å². The van der Waals surface area contributed by atoms with Gasteiger partial charge in [-0.3, -0.25) is 9.79 Å². The lowest BCUT2D eigenvalue weighted by Crippen LogP contribution is -2.39. The zero-order valence-corrected chi connectivity index (χ0v) is 13.4. The van der Waals surface area contributed by atoms with Crippen molar-refractivity contribution >= 4 is 29.1 Å². The third-order valence-electron chi connectivity index (χ3n) is 2.59. The first-order valence-electron chi connectivity index (χ1n) is 6.22. The van der Waals surface area contributed by atoms with Crippen LogP contribution in [0.3, 0.4) is 0 Å². The highest BCUT2D eigenvalue weighted by atomic mass is 32.1. The van der Waals surface area contributed by atoms with E-state index in [-0.39, 0.29) is 6.54 Å². The fourth-order valence-corrected chi connectivity index (χ4v) is 1.47. The molecule has 1 rings (SSSR count). The number of hydrogen-bond donors (Lipinski definition) is 1. The number of carbonyl (C=O) groups excluding carboxylic acids is 1. The maximum atomic E-state index is 11.2. The van der Waals surface area contributed by atoms with E-state index in [2.05, 4.69) is 15.0 Å². The number of nitrogens with zero attached hydrogens (tertiary/aromatic N) is 2. The molecule has 7 heteroatoms. The van der Waals surface area contributed by atoms with Gasteiger partial charge in [0.05, 0.1) is 14.2 Å². The second-order valence-corrected chi connectivity index (χ2v) is 4.68. The Morgan fingerprint density at radius 3 is 2.38 bits per heavy atom. The van der Waals surface area contributed by atoms with E-state index in [1.54, 1.807) is 12.0 Å². The Morgan fingerprint density at radius 1 is 1.29 bits per heavy atom. The Hall–Kier alpha value is -2.15. The lowest BCUT2D eigenvalue weighted by atomic mass is 10.2. The number of carbonyl (C=O) groups is 1. The monoisotopic (exact) mass is 309 g/mol. The van der Waals surface area contributed by atoms with Gasteiger partial charge in [0.1, 0.15) is 18.1 Å². The van der Waals surface area contributed by atoms with Crippen molar-refractivity contribution in [1.29, 1.82) is 0 Å². The fourth-order valence-electron chi connectivity index (χ4n) is 1.37. The summed E-state index contributed by atoms with van der Waals surface area (Å²) in [6.07, 6.45) is 0. The van der Waals surface area contributed by atoms with Crippen LogP contribution in [0.25, 0.3) is 0 Å². The summed E-state index contributed by atoms with van der Waals surface area (Å²) >= 11 is 5.20. The van der Waals surface area contributed by atoms with E-state index in [0.717, 1.165) is 11.3 Å². The van der Waals surface area contributed by atoms with Crippen LogP contribution in [-0.4, -0.2) is 56.7 Å². The largest absolute Gasteiger partial charge is 0.497 e. The fraction of sp³-hybridized carbons (Fsp3) is 0.357. The van der Waals surface area contributed by atoms with Gasteiger partial charge in [-0.25, -0.2) is 0 Å². The molecule has 0 heterocycles. The lowest BCUT2D eigenvalue weighted by Gasteiger charge is -2.17. The number of methoxy groups -OCH3 is 2. The number of esters is 1. The number of amidine groups is 1. The van der Waals surface area contributed by atoms with Crippen LogP contribution in [0, 0.1) is 0 Å². The first kappa shape index (κ1) is 16.9. The van der Waals surface area contributed by atoms with Crippen LogP contribution in [0.2, 0.25) is 0 Å². The van der Waals surface area contributed by atoms with Crippen LogP contribution in [0.15, 0.2) is 29.3 Å². The van der Waals surface area contributed by atoms with Crippen LogP contribution < -0.4 is 10.1 Å². The second kappa shape index (κ2) is 8.21. The zero-order valence-electron chi connectivity index (χ0n) is 12.5. The van der Waals surface area contributed by atoms with Crippen molar-refractivity contribution in [3.05, 3.63) is 29.8 Å². The summed E-state index contributed by atoms with van der Waals surface area (Å²) in [5.74, 6) is 0.821. The van der Waals surface area contributed by atoms with Gasteiger partial charge in [-0.15, -0.1) is 0 Å². The van der Waals surface area contributed by atoms with E-state index in [0.29, 0.717) is 10.9 Å². The van der Waals surface area contributed by atoms with Gasteiger partial charge in [0.25, 0.3) is 0 Å². The number of nitrogens with one attached hydrogen (secondary N) is 1. The maximum absolute atomic E-state index is 11.2. The molecule has 0 radical (unpaired) electrons. The Bertz CT molecular complexity index is 527. The molecule has 0 saturated heterocycles. The second-order valence-electron chi connectivity index (χ2n) is 4.29. The van der Waals surface area contributed by atoms with E-state index in [9.17, 15) is 4.79 Å². The smallest absolute Gasteiger partial charge is 0.327 e. The molecule has 6 nitrogen and oxygen atoms in total. The third-order valence-corrected chi connectivity index (χ3v) is 3.06. The van der Waals surface area contributed by atoms with Crippen LogP contribution >= 0.6 is 12.2 Å². The first-order chi connectivity index (χ1) is 9.97. The standard InChI is InChI=1S/C14H19N3O3S/c1-17(2)14(21)16-13(15-9-12(18)20-4)10-5-7-11(19-3)8-6-10/h5-8H,9H2,1-4H3,(H,15,16,21). The molecule has 0 fully saturated rings. The van der Waals surface area contributed by atoms with E-state index in [1.807, 2.05) is 38.4 Å². The van der Waals surface area contributed by atoms with Gasteiger partial charge >= 0.3 is 5.97 Å². The molecule has 0 bridgehead atoms.